The van der Waals surface area contributed by atoms with E-state index in [1.165, 1.54) is 18.8 Å². The summed E-state index contributed by atoms with van der Waals surface area (Å²) in [6.07, 6.45) is 1.81. The van der Waals surface area contributed by atoms with Gasteiger partial charge in [-0.05, 0) is 18.4 Å². The number of rotatable bonds is 6. The van der Waals surface area contributed by atoms with Crippen LogP contribution < -0.4 is 0 Å². The Labute approximate surface area is 114 Å². The van der Waals surface area contributed by atoms with E-state index in [1.54, 1.807) is 0 Å². The van der Waals surface area contributed by atoms with Crippen LogP contribution in [0.25, 0.3) is 0 Å². The van der Waals surface area contributed by atoms with Crippen molar-refractivity contribution >= 4 is 27.5 Å². The Morgan fingerprint density at radius 2 is 2.11 bits per heavy atom. The van der Waals surface area contributed by atoms with E-state index in [0.29, 0.717) is 5.75 Å². The lowest BCUT2D eigenvalue weighted by Crippen LogP contribution is -2.29. The van der Waals surface area contributed by atoms with E-state index >= 15 is 0 Å². The lowest BCUT2D eigenvalue weighted by molar-refractivity contribution is -0.390. The largest absolute Gasteiger partial charge is 0.324 e. The summed E-state index contributed by atoms with van der Waals surface area (Å²) < 4.78 is 38.7. The van der Waals surface area contributed by atoms with Crippen LogP contribution in [0.2, 0.25) is 0 Å². The summed E-state index contributed by atoms with van der Waals surface area (Å²) >= 11 is 1.44. The lowest BCUT2D eigenvalue weighted by Gasteiger charge is -2.16. The molecule has 0 aromatic heterocycles. The molecule has 1 aromatic rings. The van der Waals surface area contributed by atoms with Crippen molar-refractivity contribution in [2.24, 2.45) is 0 Å². The molecule has 0 spiro atoms. The van der Waals surface area contributed by atoms with E-state index < -0.39 is 31.3 Å². The Kier molecular flexibility index (Phi) is 5.27. The third kappa shape index (κ3) is 3.43. The third-order valence-electron chi connectivity index (χ3n) is 2.43. The minimum absolute atomic E-state index is 0.192. The Balaban J connectivity index is 3.29. The highest BCUT2D eigenvalue weighted by molar-refractivity contribution is 7.98. The fourth-order valence-electron chi connectivity index (χ4n) is 1.39. The van der Waals surface area contributed by atoms with Gasteiger partial charge in [-0.25, -0.2) is 8.42 Å². The molecular weight excluding hydrogens is 295 g/mol. The van der Waals surface area contributed by atoms with Crippen molar-refractivity contribution in [1.29, 1.82) is 0 Å². The smallest absolute Gasteiger partial charge is 0.258 e. The van der Waals surface area contributed by atoms with Gasteiger partial charge in [0, 0.05) is 19.3 Å². The standard InChI is InChI=1S/C10H13FN2O4S2/c1-12(6-7-18-2)19(16,17)9-5-3-4-8(11)10(9)13(14)15/h3-5H,6-7H2,1-2H3. The predicted molar refractivity (Wildman–Crippen MR) is 71.3 cm³/mol. The van der Waals surface area contributed by atoms with Crippen molar-refractivity contribution in [2.45, 2.75) is 4.90 Å². The Bertz CT molecular complexity index is 577. The topological polar surface area (TPSA) is 80.5 Å². The van der Waals surface area contributed by atoms with Crippen molar-refractivity contribution < 1.29 is 17.7 Å². The number of sulfonamides is 1. The van der Waals surface area contributed by atoms with Crippen LogP contribution in [0, 0.1) is 15.9 Å². The lowest BCUT2D eigenvalue weighted by atomic mass is 10.3. The molecule has 0 radical (unpaired) electrons. The van der Waals surface area contributed by atoms with Gasteiger partial charge in [0.15, 0.2) is 4.90 Å². The summed E-state index contributed by atoms with van der Waals surface area (Å²) in [5.41, 5.74) is -1.02. The Morgan fingerprint density at radius 3 is 2.63 bits per heavy atom. The van der Waals surface area contributed by atoms with Gasteiger partial charge < -0.3 is 0 Å². The second-order valence-electron chi connectivity index (χ2n) is 3.66. The predicted octanol–water partition coefficient (Wildman–Crippen LogP) is 1.72. The minimum atomic E-state index is -4.07. The molecule has 0 aliphatic carbocycles. The molecule has 0 heterocycles. The number of nitrogens with zero attached hydrogens (tertiary/aromatic N) is 2. The molecule has 6 nitrogen and oxygen atoms in total. The van der Waals surface area contributed by atoms with E-state index in [1.807, 2.05) is 6.26 Å². The van der Waals surface area contributed by atoms with Gasteiger partial charge in [0.05, 0.1) is 4.92 Å². The molecule has 0 amide bonds. The normalized spacial score (nSPS) is 11.8. The fourth-order valence-corrected chi connectivity index (χ4v) is 3.30. The molecule has 9 heteroatoms. The first-order valence-electron chi connectivity index (χ1n) is 5.20. The third-order valence-corrected chi connectivity index (χ3v) is 4.91. The molecule has 1 aromatic carbocycles. The maximum atomic E-state index is 13.4. The molecule has 0 N–H and O–H groups in total. The summed E-state index contributed by atoms with van der Waals surface area (Å²) in [4.78, 5) is 9.16. The number of halogens is 1. The van der Waals surface area contributed by atoms with Gasteiger partial charge in [-0.1, -0.05) is 6.07 Å². The zero-order chi connectivity index (χ0) is 14.6. The zero-order valence-electron chi connectivity index (χ0n) is 10.4. The van der Waals surface area contributed by atoms with E-state index in [2.05, 4.69) is 0 Å². The highest BCUT2D eigenvalue weighted by atomic mass is 32.2. The van der Waals surface area contributed by atoms with Crippen molar-refractivity contribution in [1.82, 2.24) is 4.31 Å². The number of benzene rings is 1. The number of nitro groups is 1. The molecule has 106 valence electrons. The van der Waals surface area contributed by atoms with Gasteiger partial charge in [-0.2, -0.15) is 20.5 Å². The van der Waals surface area contributed by atoms with Gasteiger partial charge in [0.1, 0.15) is 0 Å². The average Bonchev–Trinajstić information content (AvgIpc) is 2.34. The molecule has 0 unspecified atom stereocenters. The maximum Gasteiger partial charge on any atom is 0.324 e. The minimum Gasteiger partial charge on any atom is -0.258 e. The SMILES string of the molecule is CSCCN(C)S(=O)(=O)c1cccc(F)c1[N+](=O)[O-]. The number of hydrogen-bond donors (Lipinski definition) is 0. The van der Waals surface area contributed by atoms with Crippen LogP contribution in [0.4, 0.5) is 10.1 Å². The van der Waals surface area contributed by atoms with Crippen LogP contribution in [-0.2, 0) is 10.0 Å². The van der Waals surface area contributed by atoms with Gasteiger partial charge in [0.25, 0.3) is 0 Å². The highest BCUT2D eigenvalue weighted by Crippen LogP contribution is 2.28. The molecule has 0 saturated heterocycles. The quantitative estimate of drug-likeness (QED) is 0.590. The summed E-state index contributed by atoms with van der Waals surface area (Å²) in [6, 6.07) is 3.03. The molecule has 0 bridgehead atoms. The number of para-hydroxylation sites is 1. The van der Waals surface area contributed by atoms with E-state index in [9.17, 15) is 22.9 Å². The van der Waals surface area contributed by atoms with E-state index in [-0.39, 0.29) is 6.54 Å². The maximum absolute atomic E-state index is 13.4. The van der Waals surface area contributed by atoms with Gasteiger partial charge in [-0.3, -0.25) is 10.1 Å². The van der Waals surface area contributed by atoms with Crippen molar-refractivity contribution in [3.63, 3.8) is 0 Å². The molecule has 0 fully saturated rings. The number of thioether (sulfide) groups is 1. The van der Waals surface area contributed by atoms with Crippen LogP contribution in [-0.4, -0.2) is 43.2 Å². The second kappa shape index (κ2) is 6.31. The first kappa shape index (κ1) is 15.9. The van der Waals surface area contributed by atoms with Crippen LogP contribution in [0.5, 0.6) is 0 Å². The summed E-state index contributed by atoms with van der Waals surface area (Å²) in [7, 11) is -2.77. The first-order chi connectivity index (χ1) is 8.82. The summed E-state index contributed by atoms with van der Waals surface area (Å²) in [5.74, 6) is -0.622. The van der Waals surface area contributed by atoms with Gasteiger partial charge >= 0.3 is 5.69 Å². The van der Waals surface area contributed by atoms with Crippen molar-refractivity contribution in [2.75, 3.05) is 25.6 Å². The summed E-state index contributed by atoms with van der Waals surface area (Å²) in [5, 5.41) is 10.8. The van der Waals surface area contributed by atoms with E-state index in [4.69, 9.17) is 0 Å². The molecular formula is C10H13FN2O4S2. The highest BCUT2D eigenvalue weighted by Gasteiger charge is 2.32. The molecule has 0 aliphatic rings. The Hall–Kier alpha value is -1.19. The van der Waals surface area contributed by atoms with Crippen LogP contribution >= 0.6 is 11.8 Å². The molecule has 0 aliphatic heterocycles. The second-order valence-corrected chi connectivity index (χ2v) is 6.66. The summed E-state index contributed by atoms with van der Waals surface area (Å²) in [6.45, 7) is 0.192. The van der Waals surface area contributed by atoms with Crippen LogP contribution in [0.1, 0.15) is 0 Å². The van der Waals surface area contributed by atoms with E-state index in [0.717, 1.165) is 22.5 Å². The van der Waals surface area contributed by atoms with Crippen molar-refractivity contribution in [3.05, 3.63) is 34.1 Å². The zero-order valence-corrected chi connectivity index (χ0v) is 12.0. The number of nitro benzene ring substituents is 1. The molecule has 19 heavy (non-hydrogen) atoms. The fraction of sp³-hybridized carbons (Fsp3) is 0.400. The van der Waals surface area contributed by atoms with Crippen molar-refractivity contribution in [3.8, 4) is 0 Å². The molecule has 0 atom stereocenters. The molecule has 1 rings (SSSR count). The van der Waals surface area contributed by atoms with Gasteiger partial charge in [-0.15, -0.1) is 0 Å². The van der Waals surface area contributed by atoms with Gasteiger partial charge in [0.2, 0.25) is 15.8 Å². The number of hydrogen-bond acceptors (Lipinski definition) is 5. The average molecular weight is 308 g/mol. The van der Waals surface area contributed by atoms with Crippen LogP contribution in [0.15, 0.2) is 23.1 Å². The molecule has 0 saturated carbocycles. The first-order valence-corrected chi connectivity index (χ1v) is 8.04. The Morgan fingerprint density at radius 1 is 1.47 bits per heavy atom. The van der Waals surface area contributed by atoms with Crippen LogP contribution in [0.3, 0.4) is 0 Å². The monoisotopic (exact) mass is 308 g/mol.